The second-order valence-electron chi connectivity index (χ2n) is 6.27. The molecule has 1 aliphatic rings. The van der Waals surface area contributed by atoms with Gasteiger partial charge in [0.15, 0.2) is 0 Å². The number of carbonyl (C=O) groups is 1. The number of sulfonamides is 1. The van der Waals surface area contributed by atoms with Crippen molar-refractivity contribution < 1.29 is 23.1 Å². The van der Waals surface area contributed by atoms with Crippen molar-refractivity contribution in [1.82, 2.24) is 19.1 Å². The molecule has 0 aliphatic carbocycles. The first-order chi connectivity index (χ1) is 12.2. The van der Waals surface area contributed by atoms with Crippen LogP contribution in [0.4, 0.5) is 0 Å². The number of aromatic nitrogens is 3. The SMILES string of the molecule is COc1c(C)cc(S(=O)(=O)N2Cc3nnc(C)n3CC2C(=O)O)cc1C. The van der Waals surface area contributed by atoms with E-state index in [0.29, 0.717) is 28.5 Å². The predicted molar refractivity (Wildman–Crippen MR) is 91.4 cm³/mol. The second-order valence-corrected chi connectivity index (χ2v) is 8.16. The third-order valence-electron chi connectivity index (χ3n) is 4.54. The van der Waals surface area contributed by atoms with Gasteiger partial charge in [0.2, 0.25) is 10.0 Å². The Morgan fingerprint density at radius 2 is 1.85 bits per heavy atom. The number of nitrogens with zero attached hydrogens (tertiary/aromatic N) is 4. The number of carboxylic acid groups (broad SMARTS) is 1. The lowest BCUT2D eigenvalue weighted by molar-refractivity contribution is -0.142. The minimum absolute atomic E-state index is 0.0309. The molecule has 0 bridgehead atoms. The largest absolute Gasteiger partial charge is 0.496 e. The Labute approximate surface area is 151 Å². The van der Waals surface area contributed by atoms with E-state index < -0.39 is 22.0 Å². The number of aliphatic carboxylic acids is 1. The van der Waals surface area contributed by atoms with E-state index in [1.54, 1.807) is 25.3 Å². The van der Waals surface area contributed by atoms with Crippen molar-refractivity contribution in [3.63, 3.8) is 0 Å². The van der Waals surface area contributed by atoms with E-state index in [9.17, 15) is 18.3 Å². The molecule has 1 N–H and O–H groups in total. The fourth-order valence-electron chi connectivity index (χ4n) is 3.26. The molecule has 2 aromatic rings. The molecule has 0 spiro atoms. The van der Waals surface area contributed by atoms with Crippen LogP contribution in [0.1, 0.15) is 22.8 Å². The zero-order valence-corrected chi connectivity index (χ0v) is 15.7. The summed E-state index contributed by atoms with van der Waals surface area (Å²) in [6.07, 6.45) is 0. The van der Waals surface area contributed by atoms with Crippen molar-refractivity contribution in [2.45, 2.75) is 44.8 Å². The average molecular weight is 380 g/mol. The number of aryl methyl sites for hydroxylation is 3. The molecule has 9 nitrogen and oxygen atoms in total. The smallest absolute Gasteiger partial charge is 0.323 e. The molecule has 1 atom stereocenters. The molecule has 0 fully saturated rings. The van der Waals surface area contributed by atoms with Crippen molar-refractivity contribution in [2.75, 3.05) is 7.11 Å². The van der Waals surface area contributed by atoms with E-state index in [1.165, 1.54) is 19.2 Å². The van der Waals surface area contributed by atoms with E-state index in [4.69, 9.17) is 4.74 Å². The van der Waals surface area contributed by atoms with E-state index in [1.807, 2.05) is 0 Å². The van der Waals surface area contributed by atoms with Gasteiger partial charge < -0.3 is 14.4 Å². The van der Waals surface area contributed by atoms with Gasteiger partial charge in [-0.2, -0.15) is 4.31 Å². The lowest BCUT2D eigenvalue weighted by Crippen LogP contribution is -2.50. The highest BCUT2D eigenvalue weighted by atomic mass is 32.2. The Bertz CT molecular complexity index is 960. The van der Waals surface area contributed by atoms with Crippen molar-refractivity contribution in [3.8, 4) is 5.75 Å². The van der Waals surface area contributed by atoms with Gasteiger partial charge in [-0.05, 0) is 44.0 Å². The summed E-state index contributed by atoms with van der Waals surface area (Å²) < 4.78 is 34.3. The summed E-state index contributed by atoms with van der Waals surface area (Å²) in [4.78, 5) is 11.8. The fourth-order valence-corrected chi connectivity index (χ4v) is 4.96. The standard InChI is InChI=1S/C16H20N4O5S/c1-9-5-12(6-10(2)15(9)25-4)26(23,24)20-8-14-18-17-11(3)19(14)7-13(20)16(21)22/h5-6,13H,7-8H2,1-4H3,(H,21,22). The van der Waals surface area contributed by atoms with Gasteiger partial charge in [0.05, 0.1) is 25.1 Å². The average Bonchev–Trinajstić information content (AvgIpc) is 2.94. The molecule has 140 valence electrons. The highest BCUT2D eigenvalue weighted by molar-refractivity contribution is 7.89. The van der Waals surface area contributed by atoms with E-state index >= 15 is 0 Å². The minimum Gasteiger partial charge on any atom is -0.496 e. The van der Waals surface area contributed by atoms with Crippen LogP contribution in [0.3, 0.4) is 0 Å². The molecule has 2 heterocycles. The molecule has 1 aromatic heterocycles. The fraction of sp³-hybridized carbons (Fsp3) is 0.438. The Balaban J connectivity index is 2.09. The lowest BCUT2D eigenvalue weighted by Gasteiger charge is -2.32. The van der Waals surface area contributed by atoms with Gasteiger partial charge in [0.1, 0.15) is 23.4 Å². The lowest BCUT2D eigenvalue weighted by atomic mass is 10.1. The van der Waals surface area contributed by atoms with Gasteiger partial charge in [-0.25, -0.2) is 8.42 Å². The summed E-state index contributed by atoms with van der Waals surface area (Å²) >= 11 is 0. The van der Waals surface area contributed by atoms with Crippen LogP contribution in [-0.4, -0.2) is 51.7 Å². The molecular weight excluding hydrogens is 360 g/mol. The molecule has 3 rings (SSSR count). The van der Waals surface area contributed by atoms with Crippen LogP contribution >= 0.6 is 0 Å². The van der Waals surface area contributed by atoms with Gasteiger partial charge in [-0.3, -0.25) is 4.79 Å². The molecule has 0 radical (unpaired) electrons. The van der Waals surface area contributed by atoms with Gasteiger partial charge in [-0.1, -0.05) is 0 Å². The van der Waals surface area contributed by atoms with E-state index in [0.717, 1.165) is 4.31 Å². The maximum atomic E-state index is 13.2. The van der Waals surface area contributed by atoms with E-state index in [2.05, 4.69) is 10.2 Å². The highest BCUT2D eigenvalue weighted by Crippen LogP contribution is 2.31. The number of ether oxygens (including phenoxy) is 1. The van der Waals surface area contributed by atoms with Crippen LogP contribution in [0.15, 0.2) is 17.0 Å². The van der Waals surface area contributed by atoms with Crippen LogP contribution in [0.2, 0.25) is 0 Å². The number of hydrogen-bond donors (Lipinski definition) is 1. The minimum atomic E-state index is -4.04. The number of carboxylic acids is 1. The Morgan fingerprint density at radius 1 is 1.23 bits per heavy atom. The summed E-state index contributed by atoms with van der Waals surface area (Å²) in [5.74, 6) is 0.368. The molecule has 1 aromatic carbocycles. The molecular formula is C16H20N4O5S. The third-order valence-corrected chi connectivity index (χ3v) is 6.37. The summed E-state index contributed by atoms with van der Waals surface area (Å²) in [6.45, 7) is 5.02. The Hall–Kier alpha value is -2.46. The molecule has 0 amide bonds. The van der Waals surface area contributed by atoms with Crippen LogP contribution in [0, 0.1) is 20.8 Å². The Morgan fingerprint density at radius 3 is 2.38 bits per heavy atom. The molecule has 10 heteroatoms. The van der Waals surface area contributed by atoms with Crippen molar-refractivity contribution in [3.05, 3.63) is 34.9 Å². The van der Waals surface area contributed by atoms with Crippen molar-refractivity contribution in [2.24, 2.45) is 0 Å². The molecule has 26 heavy (non-hydrogen) atoms. The maximum absolute atomic E-state index is 13.2. The van der Waals surface area contributed by atoms with Crippen LogP contribution in [-0.2, 0) is 27.9 Å². The summed E-state index contributed by atoms with van der Waals surface area (Å²) in [5, 5.41) is 17.5. The van der Waals surface area contributed by atoms with Crippen LogP contribution in [0.25, 0.3) is 0 Å². The maximum Gasteiger partial charge on any atom is 0.323 e. The summed E-state index contributed by atoms with van der Waals surface area (Å²) in [5.41, 5.74) is 1.32. The first-order valence-corrected chi connectivity index (χ1v) is 9.39. The van der Waals surface area contributed by atoms with Crippen LogP contribution in [0.5, 0.6) is 5.75 Å². The zero-order valence-electron chi connectivity index (χ0n) is 14.9. The monoisotopic (exact) mass is 380 g/mol. The first kappa shape index (κ1) is 18.3. The molecule has 0 saturated heterocycles. The third kappa shape index (κ3) is 2.84. The van der Waals surface area contributed by atoms with Gasteiger partial charge in [0.25, 0.3) is 0 Å². The number of benzene rings is 1. The van der Waals surface area contributed by atoms with Gasteiger partial charge in [-0.15, -0.1) is 10.2 Å². The second kappa shape index (κ2) is 6.36. The molecule has 1 aliphatic heterocycles. The summed E-state index contributed by atoms with van der Waals surface area (Å²) in [7, 11) is -2.53. The van der Waals surface area contributed by atoms with Gasteiger partial charge >= 0.3 is 5.97 Å². The number of methoxy groups -OCH3 is 1. The van der Waals surface area contributed by atoms with Crippen molar-refractivity contribution >= 4 is 16.0 Å². The number of rotatable bonds is 4. The van der Waals surface area contributed by atoms with Crippen LogP contribution < -0.4 is 4.74 Å². The van der Waals surface area contributed by atoms with Gasteiger partial charge in [0, 0.05) is 0 Å². The summed E-state index contributed by atoms with van der Waals surface area (Å²) in [6, 6.07) is 1.75. The normalized spacial score (nSPS) is 17.8. The zero-order chi connectivity index (χ0) is 19.2. The molecule has 0 saturated carbocycles. The topological polar surface area (TPSA) is 115 Å². The Kier molecular flexibility index (Phi) is 4.49. The molecule has 1 unspecified atom stereocenters. The number of hydrogen-bond acceptors (Lipinski definition) is 6. The van der Waals surface area contributed by atoms with E-state index in [-0.39, 0.29) is 18.0 Å². The first-order valence-electron chi connectivity index (χ1n) is 7.95. The highest BCUT2D eigenvalue weighted by Gasteiger charge is 2.41. The number of fused-ring (bicyclic) bond motifs is 1. The van der Waals surface area contributed by atoms with Crippen molar-refractivity contribution in [1.29, 1.82) is 0 Å². The predicted octanol–water partition coefficient (Wildman–Crippen LogP) is 0.870. The quantitative estimate of drug-likeness (QED) is 0.837.